The highest BCUT2D eigenvalue weighted by molar-refractivity contribution is 5.56. The number of nitrogens with one attached hydrogen (secondary N) is 1. The highest BCUT2D eigenvalue weighted by atomic mass is 19.3. The number of alkyl halides is 2. The third-order valence-corrected chi connectivity index (χ3v) is 2.82. The maximum Gasteiger partial charge on any atom is 0.387 e. The Balaban J connectivity index is 2.08. The number of halogens is 3. The molecule has 0 aliphatic heterocycles. The summed E-state index contributed by atoms with van der Waals surface area (Å²) in [5.74, 6) is -0.225. The average molecular weight is 281 g/mol. The molecule has 20 heavy (non-hydrogen) atoms. The molecule has 1 N–H and O–H groups in total. The number of benzene rings is 2. The summed E-state index contributed by atoms with van der Waals surface area (Å²) in [5, 5.41) is 2.96. The van der Waals surface area contributed by atoms with E-state index in [-0.39, 0.29) is 11.6 Å². The fourth-order valence-corrected chi connectivity index (χ4v) is 1.76. The molecule has 0 saturated heterocycles. The summed E-state index contributed by atoms with van der Waals surface area (Å²) < 4.78 is 42.3. The van der Waals surface area contributed by atoms with Crippen LogP contribution in [0.25, 0.3) is 0 Å². The standard InChI is InChI=1S/C15H14F3NO/c1-10-6-7-11(8-12(10)16)9-19-13-4-2-3-5-14(13)20-15(17)18/h2-8,15,19H,9H2,1H3. The molecule has 0 fully saturated rings. The van der Waals surface area contributed by atoms with Crippen molar-refractivity contribution in [1.82, 2.24) is 0 Å². The predicted molar refractivity (Wildman–Crippen MR) is 71.5 cm³/mol. The van der Waals surface area contributed by atoms with Gasteiger partial charge in [0.2, 0.25) is 0 Å². The van der Waals surface area contributed by atoms with Gasteiger partial charge in [-0.2, -0.15) is 8.78 Å². The van der Waals surface area contributed by atoms with Gasteiger partial charge in [0.15, 0.2) is 0 Å². The molecular formula is C15H14F3NO. The minimum atomic E-state index is -2.88. The molecule has 0 aliphatic carbocycles. The van der Waals surface area contributed by atoms with Crippen molar-refractivity contribution in [2.24, 2.45) is 0 Å². The number of hydrogen-bond donors (Lipinski definition) is 1. The number of rotatable bonds is 5. The van der Waals surface area contributed by atoms with Gasteiger partial charge in [0, 0.05) is 6.54 Å². The molecule has 0 saturated carbocycles. The number of hydrogen-bond acceptors (Lipinski definition) is 2. The summed E-state index contributed by atoms with van der Waals surface area (Å²) in [4.78, 5) is 0. The van der Waals surface area contributed by atoms with E-state index in [1.165, 1.54) is 12.1 Å². The highest BCUT2D eigenvalue weighted by Crippen LogP contribution is 2.26. The summed E-state index contributed by atoms with van der Waals surface area (Å²) in [6.07, 6.45) is 0. The van der Waals surface area contributed by atoms with E-state index in [4.69, 9.17) is 0 Å². The fraction of sp³-hybridized carbons (Fsp3) is 0.200. The van der Waals surface area contributed by atoms with Crippen LogP contribution in [0.1, 0.15) is 11.1 Å². The van der Waals surface area contributed by atoms with Gasteiger partial charge in [-0.3, -0.25) is 0 Å². The Morgan fingerprint density at radius 2 is 1.90 bits per heavy atom. The first kappa shape index (κ1) is 14.2. The van der Waals surface area contributed by atoms with Crippen LogP contribution in [0.4, 0.5) is 18.9 Å². The molecule has 5 heteroatoms. The van der Waals surface area contributed by atoms with E-state index >= 15 is 0 Å². The minimum absolute atomic E-state index is 0.0649. The molecule has 2 rings (SSSR count). The maximum absolute atomic E-state index is 13.4. The van der Waals surface area contributed by atoms with Gasteiger partial charge in [-0.25, -0.2) is 4.39 Å². The van der Waals surface area contributed by atoms with Crippen LogP contribution in [0.2, 0.25) is 0 Å². The largest absolute Gasteiger partial charge is 0.433 e. The molecule has 0 radical (unpaired) electrons. The first-order valence-corrected chi connectivity index (χ1v) is 6.09. The molecule has 0 atom stereocenters. The second-order valence-electron chi connectivity index (χ2n) is 4.31. The lowest BCUT2D eigenvalue weighted by Gasteiger charge is -2.12. The van der Waals surface area contributed by atoms with Crippen LogP contribution < -0.4 is 10.1 Å². The second kappa shape index (κ2) is 6.32. The third-order valence-electron chi connectivity index (χ3n) is 2.82. The molecule has 0 unspecified atom stereocenters. The number of para-hydroxylation sites is 2. The van der Waals surface area contributed by atoms with Gasteiger partial charge >= 0.3 is 6.61 Å². The average Bonchev–Trinajstić information content (AvgIpc) is 2.41. The fourth-order valence-electron chi connectivity index (χ4n) is 1.76. The number of ether oxygens (including phenoxy) is 1. The first-order valence-electron chi connectivity index (χ1n) is 6.09. The Morgan fingerprint density at radius 1 is 1.15 bits per heavy atom. The summed E-state index contributed by atoms with van der Waals surface area (Å²) in [6, 6.07) is 11.3. The zero-order chi connectivity index (χ0) is 14.5. The van der Waals surface area contributed by atoms with E-state index in [2.05, 4.69) is 10.1 Å². The lowest BCUT2D eigenvalue weighted by atomic mass is 10.1. The molecule has 2 aromatic carbocycles. The SMILES string of the molecule is Cc1ccc(CNc2ccccc2OC(F)F)cc1F. The first-order chi connectivity index (χ1) is 9.56. The van der Waals surface area contributed by atoms with Crippen molar-refractivity contribution in [2.75, 3.05) is 5.32 Å². The topological polar surface area (TPSA) is 21.3 Å². The number of anilines is 1. The Labute approximate surface area is 115 Å². The van der Waals surface area contributed by atoms with Gasteiger partial charge in [0.25, 0.3) is 0 Å². The van der Waals surface area contributed by atoms with Crippen molar-refractivity contribution in [3.63, 3.8) is 0 Å². The van der Waals surface area contributed by atoms with Crippen LogP contribution in [-0.4, -0.2) is 6.61 Å². The van der Waals surface area contributed by atoms with E-state index in [0.29, 0.717) is 17.8 Å². The van der Waals surface area contributed by atoms with Crippen LogP contribution in [0.15, 0.2) is 42.5 Å². The Kier molecular flexibility index (Phi) is 4.50. The van der Waals surface area contributed by atoms with Gasteiger partial charge in [-0.1, -0.05) is 24.3 Å². The quantitative estimate of drug-likeness (QED) is 0.879. The van der Waals surface area contributed by atoms with Gasteiger partial charge < -0.3 is 10.1 Å². The summed E-state index contributed by atoms with van der Waals surface area (Å²) in [7, 11) is 0. The zero-order valence-corrected chi connectivity index (χ0v) is 10.9. The molecule has 0 bridgehead atoms. The molecule has 106 valence electrons. The molecule has 0 heterocycles. The Hall–Kier alpha value is -2.17. The van der Waals surface area contributed by atoms with Crippen molar-refractivity contribution in [1.29, 1.82) is 0 Å². The lowest BCUT2D eigenvalue weighted by molar-refractivity contribution is -0.0493. The maximum atomic E-state index is 13.4. The molecule has 0 amide bonds. The van der Waals surface area contributed by atoms with Crippen LogP contribution in [0, 0.1) is 12.7 Å². The molecular weight excluding hydrogens is 267 g/mol. The second-order valence-corrected chi connectivity index (χ2v) is 4.31. The van der Waals surface area contributed by atoms with Gasteiger partial charge in [0.05, 0.1) is 5.69 Å². The zero-order valence-electron chi connectivity index (χ0n) is 10.9. The minimum Gasteiger partial charge on any atom is -0.433 e. The molecule has 0 spiro atoms. The monoisotopic (exact) mass is 281 g/mol. The van der Waals surface area contributed by atoms with E-state index in [0.717, 1.165) is 5.56 Å². The van der Waals surface area contributed by atoms with Gasteiger partial charge in [-0.05, 0) is 36.2 Å². The summed E-state index contributed by atoms with van der Waals surface area (Å²) in [6.45, 7) is -0.881. The lowest BCUT2D eigenvalue weighted by Crippen LogP contribution is -2.06. The van der Waals surface area contributed by atoms with E-state index in [9.17, 15) is 13.2 Å². The predicted octanol–water partition coefficient (Wildman–Crippen LogP) is 4.35. The summed E-state index contributed by atoms with van der Waals surface area (Å²) >= 11 is 0. The molecule has 0 aliphatic rings. The van der Waals surface area contributed by atoms with Crippen molar-refractivity contribution >= 4 is 5.69 Å². The normalized spacial score (nSPS) is 10.7. The van der Waals surface area contributed by atoms with Crippen molar-refractivity contribution in [2.45, 2.75) is 20.1 Å². The van der Waals surface area contributed by atoms with Crippen LogP contribution >= 0.6 is 0 Å². The molecule has 2 nitrogen and oxygen atoms in total. The van der Waals surface area contributed by atoms with Crippen LogP contribution in [0.5, 0.6) is 5.75 Å². The van der Waals surface area contributed by atoms with Crippen molar-refractivity contribution < 1.29 is 17.9 Å². The van der Waals surface area contributed by atoms with Crippen LogP contribution in [-0.2, 0) is 6.54 Å². The highest BCUT2D eigenvalue weighted by Gasteiger charge is 2.09. The van der Waals surface area contributed by atoms with Crippen molar-refractivity contribution in [3.05, 3.63) is 59.4 Å². The molecule has 2 aromatic rings. The Bertz CT molecular complexity index is 587. The Morgan fingerprint density at radius 3 is 2.60 bits per heavy atom. The van der Waals surface area contributed by atoms with E-state index in [1.807, 2.05) is 0 Å². The third kappa shape index (κ3) is 3.66. The van der Waals surface area contributed by atoms with Gasteiger partial charge in [0.1, 0.15) is 11.6 Å². The van der Waals surface area contributed by atoms with E-state index < -0.39 is 6.61 Å². The van der Waals surface area contributed by atoms with E-state index in [1.54, 1.807) is 37.3 Å². The molecule has 0 aromatic heterocycles. The van der Waals surface area contributed by atoms with Crippen LogP contribution in [0.3, 0.4) is 0 Å². The van der Waals surface area contributed by atoms with Gasteiger partial charge in [-0.15, -0.1) is 0 Å². The smallest absolute Gasteiger partial charge is 0.387 e. The number of aryl methyl sites for hydroxylation is 1. The summed E-state index contributed by atoms with van der Waals surface area (Å²) in [5.41, 5.74) is 1.73. The van der Waals surface area contributed by atoms with Crippen molar-refractivity contribution in [3.8, 4) is 5.75 Å².